The number of nitrogens with zero attached hydrogens (tertiary/aromatic N) is 3. The number of hydrogen-bond donors (Lipinski definition) is 3. The number of pyridine rings is 1. The largest absolute Gasteiger partial charge is 0.398 e. The molecule has 2 aromatic heterocycles. The van der Waals surface area contributed by atoms with Gasteiger partial charge in [0.25, 0.3) is 5.56 Å². The van der Waals surface area contributed by atoms with Crippen LogP contribution in [0.15, 0.2) is 17.1 Å². The van der Waals surface area contributed by atoms with E-state index in [-0.39, 0.29) is 23.7 Å². The van der Waals surface area contributed by atoms with Crippen molar-refractivity contribution in [2.24, 2.45) is 0 Å². The fourth-order valence-corrected chi connectivity index (χ4v) is 4.31. The number of nitrogens with one attached hydrogen (secondary N) is 1. The van der Waals surface area contributed by atoms with Gasteiger partial charge in [-0.3, -0.25) is 9.36 Å². The molecule has 2 aromatic rings. The summed E-state index contributed by atoms with van der Waals surface area (Å²) in [6, 6.07) is 1.94. The number of rotatable bonds is 3. The number of aromatic nitrogens is 3. The molecule has 26 heavy (non-hydrogen) atoms. The van der Waals surface area contributed by atoms with Crippen LogP contribution in [0.1, 0.15) is 63.8 Å². The average Bonchev–Trinajstić information content (AvgIpc) is 2.64. The molecule has 0 radical (unpaired) electrons. The minimum Gasteiger partial charge on any atom is -0.398 e. The summed E-state index contributed by atoms with van der Waals surface area (Å²) in [5, 5.41) is 13.8. The lowest BCUT2D eigenvalue weighted by molar-refractivity contribution is 0.126. The van der Waals surface area contributed by atoms with Crippen LogP contribution in [0.4, 0.5) is 11.6 Å². The highest BCUT2D eigenvalue weighted by atomic mass is 16.3. The van der Waals surface area contributed by atoms with E-state index in [2.05, 4.69) is 15.3 Å². The Bertz CT molecular complexity index is 836. The molecule has 2 aliphatic rings. The fourth-order valence-electron chi connectivity index (χ4n) is 4.31. The number of nitrogens with two attached hydrogens (primary N) is 1. The molecule has 2 heterocycles. The molecule has 2 saturated carbocycles. The zero-order valence-electron chi connectivity index (χ0n) is 15.0. The Morgan fingerprint density at radius 2 is 1.85 bits per heavy atom. The van der Waals surface area contributed by atoms with Gasteiger partial charge in [-0.15, -0.1) is 0 Å². The second-order valence-corrected chi connectivity index (χ2v) is 7.68. The van der Waals surface area contributed by atoms with E-state index in [1.54, 1.807) is 6.20 Å². The fraction of sp³-hybridized carbons (Fsp3) is 0.632. The van der Waals surface area contributed by atoms with E-state index in [9.17, 15) is 9.90 Å². The van der Waals surface area contributed by atoms with Crippen LogP contribution in [-0.4, -0.2) is 31.8 Å². The Morgan fingerprint density at radius 1 is 1.12 bits per heavy atom. The van der Waals surface area contributed by atoms with Crippen LogP contribution < -0.4 is 16.6 Å². The van der Waals surface area contributed by atoms with Gasteiger partial charge in [0.15, 0.2) is 5.65 Å². The molecule has 2 fully saturated rings. The Morgan fingerprint density at radius 3 is 2.58 bits per heavy atom. The van der Waals surface area contributed by atoms with E-state index < -0.39 is 0 Å². The first-order valence-corrected chi connectivity index (χ1v) is 9.74. The maximum Gasteiger partial charge on any atom is 0.254 e. The third kappa shape index (κ3) is 3.40. The maximum absolute atomic E-state index is 12.7. The summed E-state index contributed by atoms with van der Waals surface area (Å²) in [4.78, 5) is 21.8. The number of anilines is 2. The Hall–Kier alpha value is -2.15. The van der Waals surface area contributed by atoms with Crippen molar-refractivity contribution in [1.29, 1.82) is 0 Å². The lowest BCUT2D eigenvalue weighted by Gasteiger charge is -2.27. The van der Waals surface area contributed by atoms with Crippen LogP contribution in [0, 0.1) is 0 Å². The summed E-state index contributed by atoms with van der Waals surface area (Å²) < 4.78 is 1.82. The molecule has 7 nitrogen and oxygen atoms in total. The van der Waals surface area contributed by atoms with Crippen molar-refractivity contribution in [3.63, 3.8) is 0 Å². The van der Waals surface area contributed by atoms with Gasteiger partial charge in [0.05, 0.1) is 11.5 Å². The van der Waals surface area contributed by atoms with Crippen molar-refractivity contribution in [3.05, 3.63) is 22.6 Å². The molecule has 140 valence electrons. The lowest BCUT2D eigenvalue weighted by Crippen LogP contribution is -2.30. The van der Waals surface area contributed by atoms with Crippen LogP contribution in [0.2, 0.25) is 0 Å². The summed E-state index contributed by atoms with van der Waals surface area (Å²) in [5.41, 5.74) is 7.06. The first kappa shape index (κ1) is 17.3. The second kappa shape index (κ2) is 7.23. The highest BCUT2D eigenvalue weighted by molar-refractivity contribution is 5.87. The van der Waals surface area contributed by atoms with Crippen LogP contribution in [0.3, 0.4) is 0 Å². The molecule has 2 aliphatic carbocycles. The molecule has 7 heteroatoms. The molecule has 0 bridgehead atoms. The number of fused-ring (bicyclic) bond motifs is 1. The molecular weight excluding hydrogens is 330 g/mol. The molecule has 0 atom stereocenters. The van der Waals surface area contributed by atoms with E-state index >= 15 is 0 Å². The van der Waals surface area contributed by atoms with Gasteiger partial charge >= 0.3 is 0 Å². The highest BCUT2D eigenvalue weighted by Gasteiger charge is 2.22. The Labute approximate surface area is 152 Å². The van der Waals surface area contributed by atoms with Crippen molar-refractivity contribution in [2.75, 3.05) is 11.1 Å². The monoisotopic (exact) mass is 357 g/mol. The normalized spacial score (nSPS) is 24.7. The smallest absolute Gasteiger partial charge is 0.254 e. The van der Waals surface area contributed by atoms with Crippen LogP contribution in [0.25, 0.3) is 11.0 Å². The highest BCUT2D eigenvalue weighted by Crippen LogP contribution is 2.30. The molecule has 0 aliphatic heterocycles. The Balaban J connectivity index is 1.69. The van der Waals surface area contributed by atoms with E-state index in [4.69, 9.17) is 5.73 Å². The summed E-state index contributed by atoms with van der Waals surface area (Å²) in [7, 11) is 0. The lowest BCUT2D eigenvalue weighted by atomic mass is 9.93. The molecule has 0 unspecified atom stereocenters. The summed E-state index contributed by atoms with van der Waals surface area (Å²) >= 11 is 0. The zero-order valence-corrected chi connectivity index (χ0v) is 15.0. The molecular formula is C19H27N5O2. The predicted octanol–water partition coefficient (Wildman–Crippen LogP) is 2.59. The number of aliphatic hydroxyl groups is 1. The molecule has 0 saturated heterocycles. The Kier molecular flexibility index (Phi) is 4.80. The van der Waals surface area contributed by atoms with E-state index in [0.29, 0.717) is 17.3 Å². The van der Waals surface area contributed by atoms with Gasteiger partial charge in [0.2, 0.25) is 5.95 Å². The molecule has 0 aromatic carbocycles. The molecule has 4 N–H and O–H groups in total. The van der Waals surface area contributed by atoms with Crippen molar-refractivity contribution in [2.45, 2.75) is 76.0 Å². The van der Waals surface area contributed by atoms with E-state index in [1.807, 2.05) is 4.57 Å². The minimum atomic E-state index is -0.193. The van der Waals surface area contributed by atoms with Crippen molar-refractivity contribution in [1.82, 2.24) is 14.5 Å². The first-order valence-electron chi connectivity index (χ1n) is 9.74. The molecule has 0 amide bonds. The van der Waals surface area contributed by atoms with Crippen LogP contribution in [-0.2, 0) is 0 Å². The summed E-state index contributed by atoms with van der Waals surface area (Å²) in [6.45, 7) is 0. The van der Waals surface area contributed by atoms with Gasteiger partial charge in [-0.25, -0.2) is 4.98 Å². The van der Waals surface area contributed by atoms with Crippen molar-refractivity contribution >= 4 is 22.7 Å². The number of nitrogen functional groups attached to an aromatic ring is 1. The zero-order chi connectivity index (χ0) is 18.1. The number of hydrogen-bond acceptors (Lipinski definition) is 6. The third-order valence-corrected chi connectivity index (χ3v) is 5.79. The van der Waals surface area contributed by atoms with Gasteiger partial charge in [0.1, 0.15) is 0 Å². The SMILES string of the molecule is Nc1cc(=O)n(C2CCCCC2)c2nc(N[C@H]3CC[C@H](O)CC3)ncc12. The van der Waals surface area contributed by atoms with Gasteiger partial charge in [-0.05, 0) is 38.5 Å². The minimum absolute atomic E-state index is 0.0765. The topological polar surface area (TPSA) is 106 Å². The second-order valence-electron chi connectivity index (χ2n) is 7.68. The third-order valence-electron chi connectivity index (χ3n) is 5.79. The first-order chi connectivity index (χ1) is 12.6. The molecule has 4 rings (SSSR count). The maximum atomic E-state index is 12.7. The van der Waals surface area contributed by atoms with E-state index in [1.165, 1.54) is 12.5 Å². The van der Waals surface area contributed by atoms with Crippen molar-refractivity contribution < 1.29 is 5.11 Å². The standard InChI is InChI=1S/C19H27N5O2/c20-16-10-17(26)24(13-4-2-1-3-5-13)18-15(16)11-21-19(23-18)22-12-6-8-14(25)9-7-12/h10-14,25H,1-9,20H2,(H,21,22,23)/t12-,14-. The summed E-state index contributed by atoms with van der Waals surface area (Å²) in [6.07, 6.45) is 10.4. The van der Waals surface area contributed by atoms with E-state index in [0.717, 1.165) is 56.8 Å². The number of aliphatic hydroxyl groups excluding tert-OH is 1. The van der Waals surface area contributed by atoms with Crippen LogP contribution in [0.5, 0.6) is 0 Å². The van der Waals surface area contributed by atoms with Crippen LogP contribution >= 0.6 is 0 Å². The molecule has 0 spiro atoms. The van der Waals surface area contributed by atoms with Gasteiger partial charge < -0.3 is 16.2 Å². The predicted molar refractivity (Wildman–Crippen MR) is 102 cm³/mol. The van der Waals surface area contributed by atoms with Crippen molar-refractivity contribution in [3.8, 4) is 0 Å². The average molecular weight is 357 g/mol. The van der Waals surface area contributed by atoms with Gasteiger partial charge in [-0.2, -0.15) is 4.98 Å². The van der Waals surface area contributed by atoms with Gasteiger partial charge in [-0.1, -0.05) is 19.3 Å². The quantitative estimate of drug-likeness (QED) is 0.779. The summed E-state index contributed by atoms with van der Waals surface area (Å²) in [5.74, 6) is 0.536. The van der Waals surface area contributed by atoms with Gasteiger partial charge in [0, 0.05) is 30.0 Å².